The molecule has 7 nitrogen and oxygen atoms in total. The fourth-order valence-corrected chi connectivity index (χ4v) is 2.32. The van der Waals surface area contributed by atoms with Gasteiger partial charge in [-0.1, -0.05) is 0 Å². The van der Waals surface area contributed by atoms with Gasteiger partial charge in [0, 0.05) is 29.8 Å². The second kappa shape index (κ2) is 8.87. The Hall–Kier alpha value is -3.88. The summed E-state index contributed by atoms with van der Waals surface area (Å²) >= 11 is 0. The first-order chi connectivity index (χ1) is 14.0. The molecule has 0 atom stereocenters. The number of hydrogen-bond donors (Lipinski definition) is 2. The number of rotatable bonds is 6. The van der Waals surface area contributed by atoms with Crippen LogP contribution in [0.5, 0.6) is 0 Å². The fourth-order valence-electron chi connectivity index (χ4n) is 2.32. The third-order valence-corrected chi connectivity index (χ3v) is 3.74. The summed E-state index contributed by atoms with van der Waals surface area (Å²) in [5, 5.41) is 5.37. The van der Waals surface area contributed by atoms with Crippen molar-refractivity contribution >= 4 is 29.2 Å². The summed E-state index contributed by atoms with van der Waals surface area (Å²) in [6.45, 7) is 2.02. The lowest BCUT2D eigenvalue weighted by Crippen LogP contribution is -2.13. The van der Waals surface area contributed by atoms with Gasteiger partial charge in [-0.2, -0.15) is 0 Å². The van der Waals surface area contributed by atoms with E-state index in [-0.39, 0.29) is 17.2 Å². The highest BCUT2D eigenvalue weighted by Gasteiger charge is 2.10. The number of nitrogens with one attached hydrogen (secondary N) is 2. The van der Waals surface area contributed by atoms with E-state index < -0.39 is 23.5 Å². The Bertz CT molecular complexity index is 1020. The van der Waals surface area contributed by atoms with E-state index in [1.807, 2.05) is 0 Å². The van der Waals surface area contributed by atoms with Gasteiger partial charge in [-0.25, -0.2) is 23.5 Å². The molecule has 0 radical (unpaired) electrons. The van der Waals surface area contributed by atoms with Crippen LogP contribution >= 0.6 is 0 Å². The van der Waals surface area contributed by atoms with E-state index in [0.717, 1.165) is 12.1 Å². The summed E-state index contributed by atoms with van der Waals surface area (Å²) in [6, 6.07) is 9.57. The maximum atomic E-state index is 13.2. The molecule has 3 rings (SSSR count). The highest BCUT2D eigenvalue weighted by molar-refractivity contribution is 6.03. The zero-order valence-electron chi connectivity index (χ0n) is 15.3. The van der Waals surface area contributed by atoms with Gasteiger partial charge in [0.15, 0.2) is 11.6 Å². The predicted octanol–water partition coefficient (Wildman–Crippen LogP) is 3.93. The minimum Gasteiger partial charge on any atom is -0.462 e. The number of benzene rings is 2. The Morgan fingerprint density at radius 3 is 2.21 bits per heavy atom. The minimum atomic E-state index is -1.06. The third kappa shape index (κ3) is 5.10. The first-order valence-electron chi connectivity index (χ1n) is 8.59. The Morgan fingerprint density at radius 2 is 1.59 bits per heavy atom. The molecule has 0 aliphatic heterocycles. The topological polar surface area (TPSA) is 93.2 Å². The van der Waals surface area contributed by atoms with E-state index in [1.54, 1.807) is 31.2 Å². The molecule has 29 heavy (non-hydrogen) atoms. The Kier molecular flexibility index (Phi) is 6.08. The van der Waals surface area contributed by atoms with Crippen molar-refractivity contribution in [1.29, 1.82) is 0 Å². The van der Waals surface area contributed by atoms with Crippen LogP contribution in [0.15, 0.2) is 54.9 Å². The van der Waals surface area contributed by atoms with Crippen LogP contribution in [0, 0.1) is 11.6 Å². The number of anilines is 3. The number of aromatic nitrogens is 2. The molecular formula is C20H16F2N4O3. The number of carbonyl (C=O) groups is 2. The van der Waals surface area contributed by atoms with Gasteiger partial charge in [0.05, 0.1) is 17.7 Å². The molecule has 0 spiro atoms. The van der Waals surface area contributed by atoms with Crippen LogP contribution in [0.3, 0.4) is 0 Å². The largest absolute Gasteiger partial charge is 0.462 e. The van der Waals surface area contributed by atoms with E-state index in [1.165, 1.54) is 18.5 Å². The summed E-state index contributed by atoms with van der Waals surface area (Å²) in [7, 11) is 0. The van der Waals surface area contributed by atoms with Gasteiger partial charge < -0.3 is 15.4 Å². The predicted molar refractivity (Wildman–Crippen MR) is 102 cm³/mol. The van der Waals surface area contributed by atoms with Crippen LogP contribution in [0.4, 0.5) is 26.1 Å². The molecule has 1 heterocycles. The lowest BCUT2D eigenvalue weighted by molar-refractivity contribution is 0.0526. The number of esters is 1. The Balaban J connectivity index is 1.63. The number of amides is 1. The number of hydrogen-bond acceptors (Lipinski definition) is 6. The summed E-state index contributed by atoms with van der Waals surface area (Å²) in [6.07, 6.45) is 2.58. The molecule has 0 saturated carbocycles. The minimum absolute atomic E-state index is 0.109. The van der Waals surface area contributed by atoms with Crippen LogP contribution in [-0.2, 0) is 4.74 Å². The molecular weight excluding hydrogens is 382 g/mol. The van der Waals surface area contributed by atoms with Crippen LogP contribution in [0.25, 0.3) is 0 Å². The number of ether oxygens (including phenoxy) is 1. The summed E-state index contributed by atoms with van der Waals surface area (Å²) in [5.74, 6) is -2.81. The molecule has 0 unspecified atom stereocenters. The highest BCUT2D eigenvalue weighted by atomic mass is 19.2. The fraction of sp³-hybridized carbons (Fsp3) is 0.100. The molecule has 3 aromatic rings. The van der Waals surface area contributed by atoms with Crippen molar-refractivity contribution in [3.63, 3.8) is 0 Å². The van der Waals surface area contributed by atoms with Gasteiger partial charge in [0.1, 0.15) is 0 Å². The monoisotopic (exact) mass is 398 g/mol. The van der Waals surface area contributed by atoms with Crippen molar-refractivity contribution in [2.45, 2.75) is 6.92 Å². The van der Waals surface area contributed by atoms with E-state index in [9.17, 15) is 18.4 Å². The average Bonchev–Trinajstić information content (AvgIpc) is 2.72. The SMILES string of the molecule is CCOC(=O)c1ccc(Nc2ncc(C(=O)Nc3ccc(F)c(F)c3)cn2)cc1. The van der Waals surface area contributed by atoms with Crippen LogP contribution in [0.1, 0.15) is 27.6 Å². The zero-order chi connectivity index (χ0) is 20.8. The van der Waals surface area contributed by atoms with Crippen molar-refractivity contribution in [1.82, 2.24) is 9.97 Å². The second-order valence-corrected chi connectivity index (χ2v) is 5.80. The third-order valence-electron chi connectivity index (χ3n) is 3.74. The standard InChI is InChI=1S/C20H16F2N4O3/c1-2-29-19(28)12-3-5-14(6-4-12)26-20-23-10-13(11-24-20)18(27)25-15-7-8-16(21)17(22)9-15/h3-11H,2H2,1H3,(H,25,27)(H,23,24,26). The van der Waals surface area contributed by atoms with E-state index in [4.69, 9.17) is 4.74 Å². The molecule has 0 aliphatic rings. The zero-order valence-corrected chi connectivity index (χ0v) is 15.3. The van der Waals surface area contributed by atoms with Crippen molar-refractivity contribution < 1.29 is 23.1 Å². The quantitative estimate of drug-likeness (QED) is 0.611. The number of nitrogens with zero attached hydrogens (tertiary/aromatic N) is 2. The van der Waals surface area contributed by atoms with Gasteiger partial charge in [0.2, 0.25) is 5.95 Å². The molecule has 0 saturated heterocycles. The van der Waals surface area contributed by atoms with E-state index >= 15 is 0 Å². The highest BCUT2D eigenvalue weighted by Crippen LogP contribution is 2.16. The molecule has 1 aromatic heterocycles. The van der Waals surface area contributed by atoms with E-state index in [2.05, 4.69) is 20.6 Å². The second-order valence-electron chi connectivity index (χ2n) is 5.80. The van der Waals surface area contributed by atoms with Gasteiger partial charge >= 0.3 is 5.97 Å². The normalized spacial score (nSPS) is 10.3. The summed E-state index contributed by atoms with van der Waals surface area (Å²) in [5.41, 5.74) is 1.30. The Labute approximate surface area is 164 Å². The average molecular weight is 398 g/mol. The molecule has 148 valence electrons. The summed E-state index contributed by atoms with van der Waals surface area (Å²) < 4.78 is 31.1. The molecule has 9 heteroatoms. The van der Waals surface area contributed by atoms with Crippen LogP contribution in [0.2, 0.25) is 0 Å². The number of halogens is 2. The maximum absolute atomic E-state index is 13.2. The maximum Gasteiger partial charge on any atom is 0.338 e. The molecule has 0 bridgehead atoms. The molecule has 0 fully saturated rings. The van der Waals surface area contributed by atoms with Gasteiger partial charge in [-0.05, 0) is 43.3 Å². The number of carbonyl (C=O) groups excluding carboxylic acids is 2. The lowest BCUT2D eigenvalue weighted by atomic mass is 10.2. The molecule has 0 aliphatic carbocycles. The lowest BCUT2D eigenvalue weighted by Gasteiger charge is -2.08. The van der Waals surface area contributed by atoms with Crippen molar-refractivity contribution in [3.05, 3.63) is 77.6 Å². The molecule has 2 N–H and O–H groups in total. The smallest absolute Gasteiger partial charge is 0.338 e. The first kappa shape index (κ1) is 19.9. The van der Waals surface area contributed by atoms with Crippen molar-refractivity contribution in [2.75, 3.05) is 17.2 Å². The van der Waals surface area contributed by atoms with Crippen LogP contribution in [-0.4, -0.2) is 28.5 Å². The Morgan fingerprint density at radius 1 is 0.931 bits per heavy atom. The molecule has 2 aromatic carbocycles. The molecule has 1 amide bonds. The van der Waals surface area contributed by atoms with Gasteiger partial charge in [0.25, 0.3) is 5.91 Å². The van der Waals surface area contributed by atoms with Gasteiger partial charge in [-0.15, -0.1) is 0 Å². The van der Waals surface area contributed by atoms with Gasteiger partial charge in [-0.3, -0.25) is 4.79 Å². The van der Waals surface area contributed by atoms with Crippen molar-refractivity contribution in [2.24, 2.45) is 0 Å². The summed E-state index contributed by atoms with van der Waals surface area (Å²) in [4.78, 5) is 31.9. The van der Waals surface area contributed by atoms with Crippen LogP contribution < -0.4 is 10.6 Å². The first-order valence-corrected chi connectivity index (χ1v) is 8.59. The van der Waals surface area contributed by atoms with E-state index in [0.29, 0.717) is 17.9 Å². The van der Waals surface area contributed by atoms with Crippen molar-refractivity contribution in [3.8, 4) is 0 Å².